The third kappa shape index (κ3) is 3.03. The summed E-state index contributed by atoms with van der Waals surface area (Å²) in [5.41, 5.74) is 2.64. The van der Waals surface area contributed by atoms with Gasteiger partial charge in [-0.25, -0.2) is 13.1 Å². The predicted molar refractivity (Wildman–Crippen MR) is 96.8 cm³/mol. The summed E-state index contributed by atoms with van der Waals surface area (Å²) in [7, 11) is -3.14. The fourth-order valence-corrected chi connectivity index (χ4v) is 6.23. The Bertz CT molecular complexity index is 689. The summed E-state index contributed by atoms with van der Waals surface area (Å²) in [6.07, 6.45) is 7.47. The molecule has 3 nitrogen and oxygen atoms in total. The average molecular weight is 402 g/mol. The average Bonchev–Trinajstić information content (AvgIpc) is 2.85. The van der Waals surface area contributed by atoms with Gasteiger partial charge in [-0.15, -0.1) is 0 Å². The first-order chi connectivity index (χ1) is 10.5. The van der Waals surface area contributed by atoms with Crippen molar-refractivity contribution in [2.24, 2.45) is 0 Å². The smallest absolute Gasteiger partial charge is 0.175 e. The van der Waals surface area contributed by atoms with Crippen LogP contribution in [0.1, 0.15) is 37.7 Å². The molecule has 1 aromatic carbocycles. The molecule has 1 aliphatic heterocycles. The first-order valence-corrected chi connectivity index (χ1v) is 11.3. The van der Waals surface area contributed by atoms with Crippen molar-refractivity contribution in [2.75, 3.05) is 11.6 Å². The number of hydrogen-bond donors (Lipinski definition) is 1. The third-order valence-corrected chi connectivity index (χ3v) is 7.45. The lowest BCUT2D eigenvalue weighted by atomic mass is 9.77. The van der Waals surface area contributed by atoms with E-state index in [-0.39, 0.29) is 5.54 Å². The zero-order chi connectivity index (χ0) is 15.8. The van der Waals surface area contributed by atoms with E-state index in [0.29, 0.717) is 4.90 Å². The molecule has 0 saturated heterocycles. The zero-order valence-corrected chi connectivity index (χ0v) is 15.8. The molecule has 0 atom stereocenters. The summed E-state index contributed by atoms with van der Waals surface area (Å²) >= 11 is 5.36. The number of alkyl halides is 1. The number of halogens is 1. The van der Waals surface area contributed by atoms with Gasteiger partial charge in [0.15, 0.2) is 9.84 Å². The van der Waals surface area contributed by atoms with Crippen molar-refractivity contribution in [1.29, 1.82) is 0 Å². The van der Waals surface area contributed by atoms with Crippen molar-refractivity contribution >= 4 is 42.6 Å². The van der Waals surface area contributed by atoms with Gasteiger partial charge in [-0.3, -0.25) is 0 Å². The van der Waals surface area contributed by atoms with E-state index < -0.39 is 9.84 Å². The minimum atomic E-state index is -3.14. The molecule has 1 saturated carbocycles. The van der Waals surface area contributed by atoms with Crippen molar-refractivity contribution in [3.8, 4) is 0 Å². The van der Waals surface area contributed by atoms with E-state index in [4.69, 9.17) is 0 Å². The molecule has 120 valence electrons. The van der Waals surface area contributed by atoms with Gasteiger partial charge in [-0.1, -0.05) is 47.3 Å². The van der Waals surface area contributed by atoms with E-state index in [1.165, 1.54) is 48.8 Å². The van der Waals surface area contributed by atoms with Crippen molar-refractivity contribution in [1.82, 2.24) is 4.72 Å². The molecule has 1 fully saturated rings. The maximum atomic E-state index is 11.6. The lowest BCUT2D eigenvalue weighted by molar-refractivity contribution is 0.328. The summed E-state index contributed by atoms with van der Waals surface area (Å²) in [4.78, 5) is 1.62. The van der Waals surface area contributed by atoms with Crippen LogP contribution in [0.5, 0.6) is 0 Å². The molecule has 1 aliphatic carbocycles. The van der Waals surface area contributed by atoms with Crippen molar-refractivity contribution in [3.05, 3.63) is 35.4 Å². The van der Waals surface area contributed by atoms with E-state index in [1.54, 1.807) is 24.1 Å². The Kier molecular flexibility index (Phi) is 4.74. The van der Waals surface area contributed by atoms with Gasteiger partial charge in [0.1, 0.15) is 0 Å². The van der Waals surface area contributed by atoms with E-state index in [1.807, 2.05) is 12.1 Å². The lowest BCUT2D eigenvalue weighted by Gasteiger charge is -2.35. The van der Waals surface area contributed by atoms with Crippen molar-refractivity contribution in [3.63, 3.8) is 0 Å². The number of benzene rings is 1. The van der Waals surface area contributed by atoms with Crippen molar-refractivity contribution in [2.45, 2.75) is 42.5 Å². The second-order valence-corrected chi connectivity index (χ2v) is 9.48. The quantitative estimate of drug-likeness (QED) is 0.610. The van der Waals surface area contributed by atoms with Gasteiger partial charge in [-0.05, 0) is 48.1 Å². The molecule has 1 heterocycles. The molecule has 3 rings (SSSR count). The first kappa shape index (κ1) is 16.6. The number of hydrogen-bond acceptors (Lipinski definition) is 4. The van der Waals surface area contributed by atoms with Crippen LogP contribution in [-0.4, -0.2) is 25.5 Å². The maximum absolute atomic E-state index is 11.6. The molecule has 22 heavy (non-hydrogen) atoms. The minimum absolute atomic E-state index is 0.122. The van der Waals surface area contributed by atoms with Crippen LogP contribution in [-0.2, 0) is 9.84 Å². The summed E-state index contributed by atoms with van der Waals surface area (Å²) in [5.74, 6) is 0. The Hall–Kier alpha value is -0.300. The molecule has 2 aliphatic rings. The molecule has 1 aromatic rings. The van der Waals surface area contributed by atoms with E-state index in [2.05, 4.69) is 20.7 Å². The second kappa shape index (κ2) is 6.30. The fraction of sp³-hybridized carbons (Fsp3) is 0.500. The summed E-state index contributed by atoms with van der Waals surface area (Å²) in [6.45, 7) is 0. The SMILES string of the molecule is CS(=O)(=O)c1ccc(C2=C(CBr)C3(CCCCC3)NS2)cc1. The highest BCUT2D eigenvalue weighted by Gasteiger charge is 2.41. The van der Waals surface area contributed by atoms with Crippen LogP contribution >= 0.6 is 27.9 Å². The Morgan fingerprint density at radius 2 is 1.82 bits per heavy atom. The summed E-state index contributed by atoms with van der Waals surface area (Å²) < 4.78 is 26.8. The normalized spacial score (nSPS) is 21.5. The van der Waals surface area contributed by atoms with Gasteiger partial charge in [0.2, 0.25) is 0 Å². The molecule has 6 heteroatoms. The highest BCUT2D eigenvalue weighted by Crippen LogP contribution is 2.48. The predicted octanol–water partition coefficient (Wildman–Crippen LogP) is 4.15. The standard InChI is InChI=1S/C16H20BrNO2S2/c1-22(19,20)13-7-5-12(6-8-13)15-14(11-17)16(18-21-15)9-3-2-4-10-16/h5-8,18H,2-4,9-11H2,1H3. The van der Waals surface area contributed by atoms with E-state index in [0.717, 1.165) is 10.9 Å². The number of nitrogens with one attached hydrogen (secondary N) is 1. The highest BCUT2D eigenvalue weighted by atomic mass is 79.9. The van der Waals surface area contributed by atoms with Crippen LogP contribution in [0.3, 0.4) is 0 Å². The van der Waals surface area contributed by atoms with Gasteiger partial charge in [0.25, 0.3) is 0 Å². The largest absolute Gasteiger partial charge is 0.250 e. The Morgan fingerprint density at radius 1 is 1.18 bits per heavy atom. The molecule has 0 aromatic heterocycles. The van der Waals surface area contributed by atoms with Crippen molar-refractivity contribution < 1.29 is 8.42 Å². The molecule has 0 bridgehead atoms. The Balaban J connectivity index is 1.97. The van der Waals surface area contributed by atoms with Gasteiger partial charge in [0.05, 0.1) is 10.4 Å². The van der Waals surface area contributed by atoms with Gasteiger partial charge in [-0.2, -0.15) is 0 Å². The van der Waals surface area contributed by atoms with Crippen LogP contribution in [0.25, 0.3) is 4.91 Å². The fourth-order valence-electron chi connectivity index (χ4n) is 3.32. The topological polar surface area (TPSA) is 46.2 Å². The van der Waals surface area contributed by atoms with Gasteiger partial charge in [0, 0.05) is 16.5 Å². The molecular weight excluding hydrogens is 382 g/mol. The van der Waals surface area contributed by atoms with E-state index in [9.17, 15) is 8.42 Å². The molecule has 1 spiro atoms. The molecule has 0 radical (unpaired) electrons. The molecule has 1 N–H and O–H groups in total. The third-order valence-electron chi connectivity index (χ3n) is 4.59. The van der Waals surface area contributed by atoms with Gasteiger partial charge < -0.3 is 0 Å². The first-order valence-electron chi connectivity index (χ1n) is 7.50. The minimum Gasteiger partial charge on any atom is -0.250 e. The van der Waals surface area contributed by atoms with Crippen LogP contribution in [0, 0.1) is 0 Å². The van der Waals surface area contributed by atoms with E-state index >= 15 is 0 Å². The molecular formula is C16H20BrNO2S2. The molecule has 0 unspecified atom stereocenters. The summed E-state index contributed by atoms with van der Waals surface area (Å²) in [5, 5.41) is 0.857. The van der Waals surface area contributed by atoms with Crippen LogP contribution in [0.2, 0.25) is 0 Å². The molecule has 0 amide bonds. The second-order valence-electron chi connectivity index (χ2n) is 6.08. The van der Waals surface area contributed by atoms with Crippen LogP contribution < -0.4 is 4.72 Å². The Labute approximate surface area is 145 Å². The highest BCUT2D eigenvalue weighted by molar-refractivity contribution is 9.09. The van der Waals surface area contributed by atoms with Crippen LogP contribution in [0.15, 0.2) is 34.7 Å². The number of rotatable bonds is 3. The zero-order valence-electron chi connectivity index (χ0n) is 12.6. The maximum Gasteiger partial charge on any atom is 0.175 e. The Morgan fingerprint density at radius 3 is 2.36 bits per heavy atom. The summed E-state index contributed by atoms with van der Waals surface area (Å²) in [6, 6.07) is 7.25. The number of sulfone groups is 1. The lowest BCUT2D eigenvalue weighted by Crippen LogP contribution is -2.42. The van der Waals surface area contributed by atoms with Gasteiger partial charge >= 0.3 is 0 Å². The van der Waals surface area contributed by atoms with Crippen LogP contribution in [0.4, 0.5) is 0 Å². The monoisotopic (exact) mass is 401 g/mol.